The second-order valence-corrected chi connectivity index (χ2v) is 5.25. The van der Waals surface area contributed by atoms with Crippen molar-refractivity contribution in [3.8, 4) is 17.4 Å². The number of ether oxygens (including phenoxy) is 2. The van der Waals surface area contributed by atoms with Gasteiger partial charge in [0.1, 0.15) is 5.75 Å². The largest absolute Gasteiger partial charge is 0.505 e. The van der Waals surface area contributed by atoms with Crippen LogP contribution in [0.1, 0.15) is 17.4 Å². The van der Waals surface area contributed by atoms with Gasteiger partial charge in [0.25, 0.3) is 0 Å². The maximum atomic E-state index is 11.7. The Kier molecular flexibility index (Phi) is 4.48. The number of hydrogen-bond acceptors (Lipinski definition) is 6. The zero-order valence-corrected chi connectivity index (χ0v) is 13.4. The van der Waals surface area contributed by atoms with Gasteiger partial charge in [-0.15, -0.1) is 0 Å². The summed E-state index contributed by atoms with van der Waals surface area (Å²) in [6.07, 6.45) is 1.38. The summed E-state index contributed by atoms with van der Waals surface area (Å²) in [5.74, 6) is -0.0450. The lowest BCUT2D eigenvalue weighted by molar-refractivity contribution is 0.0516. The summed E-state index contributed by atoms with van der Waals surface area (Å²) >= 11 is 5.83. The fraction of sp³-hybridized carbons (Fsp3) is 0.118. The summed E-state index contributed by atoms with van der Waals surface area (Å²) in [5.41, 5.74) is 0.254. The predicted molar refractivity (Wildman–Crippen MR) is 88.7 cm³/mol. The smallest absolute Gasteiger partial charge is 0.360 e. The highest BCUT2D eigenvalue weighted by Crippen LogP contribution is 2.29. The minimum absolute atomic E-state index is 0.141. The minimum Gasteiger partial charge on any atom is -0.505 e. The van der Waals surface area contributed by atoms with Crippen molar-refractivity contribution in [1.82, 2.24) is 9.97 Å². The van der Waals surface area contributed by atoms with E-state index in [9.17, 15) is 9.90 Å². The number of hydrogen-bond donors (Lipinski definition) is 1. The van der Waals surface area contributed by atoms with E-state index >= 15 is 0 Å². The number of aromatic hydroxyl groups is 1. The van der Waals surface area contributed by atoms with E-state index in [1.165, 1.54) is 6.20 Å². The van der Waals surface area contributed by atoms with Gasteiger partial charge >= 0.3 is 5.97 Å². The van der Waals surface area contributed by atoms with E-state index in [0.29, 0.717) is 27.6 Å². The number of benzene rings is 1. The van der Waals surface area contributed by atoms with Crippen LogP contribution < -0.4 is 4.74 Å². The van der Waals surface area contributed by atoms with Gasteiger partial charge in [-0.1, -0.05) is 11.6 Å². The van der Waals surface area contributed by atoms with Crippen LogP contribution in [0.15, 0.2) is 42.6 Å². The third-order valence-electron chi connectivity index (χ3n) is 3.20. The number of rotatable bonds is 4. The molecule has 0 fully saturated rings. The number of pyridine rings is 2. The second-order valence-electron chi connectivity index (χ2n) is 4.81. The number of nitrogens with zero attached hydrogens (tertiary/aromatic N) is 2. The highest BCUT2D eigenvalue weighted by molar-refractivity contribution is 6.30. The first kappa shape index (κ1) is 16.0. The number of halogens is 1. The molecule has 0 spiro atoms. The van der Waals surface area contributed by atoms with Crippen molar-refractivity contribution in [2.24, 2.45) is 0 Å². The molecule has 0 radical (unpaired) electrons. The first-order valence-corrected chi connectivity index (χ1v) is 7.55. The van der Waals surface area contributed by atoms with Crippen LogP contribution in [0.4, 0.5) is 0 Å². The van der Waals surface area contributed by atoms with Crippen molar-refractivity contribution in [3.05, 3.63) is 53.3 Å². The number of esters is 1. The number of fused-ring (bicyclic) bond motifs is 1. The van der Waals surface area contributed by atoms with Crippen molar-refractivity contribution in [1.29, 1.82) is 0 Å². The van der Waals surface area contributed by atoms with E-state index in [4.69, 9.17) is 21.1 Å². The molecule has 0 bridgehead atoms. The SMILES string of the molecule is CCOC(=O)c1ncc2nc(Oc3ccc(Cl)cc3)ccc2c1O. The fourth-order valence-electron chi connectivity index (χ4n) is 2.10. The molecule has 1 N–H and O–H groups in total. The molecule has 1 aromatic carbocycles. The summed E-state index contributed by atoms with van der Waals surface area (Å²) in [6.45, 7) is 1.88. The Balaban J connectivity index is 1.93. The Morgan fingerprint density at radius 3 is 2.67 bits per heavy atom. The molecular formula is C17H13ClN2O4. The van der Waals surface area contributed by atoms with Crippen LogP contribution in [0, 0.1) is 0 Å². The molecule has 0 saturated carbocycles. The van der Waals surface area contributed by atoms with Crippen molar-refractivity contribution in [2.75, 3.05) is 6.61 Å². The fourth-order valence-corrected chi connectivity index (χ4v) is 2.22. The Morgan fingerprint density at radius 2 is 1.96 bits per heavy atom. The monoisotopic (exact) mass is 344 g/mol. The standard InChI is InChI=1S/C17H13ClN2O4/c1-2-23-17(22)15-16(21)12-7-8-14(20-13(12)9-19-15)24-11-5-3-10(18)4-6-11/h3-9,21H,2H2,1H3. The average Bonchev–Trinajstić information content (AvgIpc) is 2.57. The number of carbonyl (C=O) groups excluding carboxylic acids is 1. The van der Waals surface area contributed by atoms with Gasteiger partial charge in [0.05, 0.1) is 18.3 Å². The zero-order chi connectivity index (χ0) is 17.1. The Bertz CT molecular complexity index is 897. The van der Waals surface area contributed by atoms with Gasteiger partial charge < -0.3 is 14.6 Å². The summed E-state index contributed by atoms with van der Waals surface area (Å²) in [4.78, 5) is 19.9. The Hall–Kier alpha value is -2.86. The maximum absolute atomic E-state index is 11.7. The summed E-state index contributed by atoms with van der Waals surface area (Å²) in [7, 11) is 0. The van der Waals surface area contributed by atoms with Gasteiger partial charge in [0, 0.05) is 16.5 Å². The van der Waals surface area contributed by atoms with Crippen LogP contribution in [-0.2, 0) is 4.74 Å². The summed E-state index contributed by atoms with van der Waals surface area (Å²) in [5, 5.41) is 11.2. The highest BCUT2D eigenvalue weighted by Gasteiger charge is 2.17. The lowest BCUT2D eigenvalue weighted by Gasteiger charge is -2.08. The van der Waals surface area contributed by atoms with Crippen LogP contribution in [0.2, 0.25) is 5.02 Å². The zero-order valence-electron chi connectivity index (χ0n) is 12.7. The Labute approximate surface area is 142 Å². The summed E-state index contributed by atoms with van der Waals surface area (Å²) in [6, 6.07) is 10.0. The van der Waals surface area contributed by atoms with Crippen molar-refractivity contribution in [2.45, 2.75) is 6.92 Å². The molecule has 6 nitrogen and oxygen atoms in total. The van der Waals surface area contributed by atoms with Gasteiger partial charge in [-0.3, -0.25) is 0 Å². The maximum Gasteiger partial charge on any atom is 0.360 e. The molecule has 24 heavy (non-hydrogen) atoms. The molecule has 122 valence electrons. The molecular weight excluding hydrogens is 332 g/mol. The first-order valence-electron chi connectivity index (χ1n) is 7.17. The van der Waals surface area contributed by atoms with Crippen LogP contribution in [0.5, 0.6) is 17.4 Å². The van der Waals surface area contributed by atoms with Gasteiger partial charge in [-0.25, -0.2) is 14.8 Å². The van der Waals surface area contributed by atoms with Crippen molar-refractivity contribution >= 4 is 28.5 Å². The van der Waals surface area contributed by atoms with Crippen molar-refractivity contribution < 1.29 is 19.4 Å². The van der Waals surface area contributed by atoms with E-state index in [2.05, 4.69) is 9.97 Å². The molecule has 2 aromatic heterocycles. The topological polar surface area (TPSA) is 81.5 Å². The molecule has 3 rings (SSSR count). The molecule has 0 aliphatic carbocycles. The Morgan fingerprint density at radius 1 is 1.21 bits per heavy atom. The quantitative estimate of drug-likeness (QED) is 0.721. The lowest BCUT2D eigenvalue weighted by Crippen LogP contribution is -2.07. The van der Waals surface area contributed by atoms with Crippen LogP contribution in [0.3, 0.4) is 0 Å². The van der Waals surface area contributed by atoms with Crippen LogP contribution in [-0.4, -0.2) is 27.7 Å². The third kappa shape index (κ3) is 3.23. The molecule has 0 saturated heterocycles. The number of aromatic nitrogens is 2. The normalized spacial score (nSPS) is 10.6. The molecule has 3 aromatic rings. The van der Waals surface area contributed by atoms with E-state index in [0.717, 1.165) is 0 Å². The van der Waals surface area contributed by atoms with Gasteiger partial charge in [0.2, 0.25) is 5.88 Å². The minimum atomic E-state index is -0.682. The lowest BCUT2D eigenvalue weighted by atomic mass is 10.2. The summed E-state index contributed by atoms with van der Waals surface area (Å²) < 4.78 is 10.5. The molecule has 0 aliphatic rings. The predicted octanol–water partition coefficient (Wildman–Crippen LogP) is 3.96. The van der Waals surface area contributed by atoms with Gasteiger partial charge in [-0.05, 0) is 37.3 Å². The van der Waals surface area contributed by atoms with E-state index in [-0.39, 0.29) is 18.1 Å². The second kappa shape index (κ2) is 6.72. The molecule has 2 heterocycles. The molecule has 0 amide bonds. The molecule has 0 unspecified atom stereocenters. The average molecular weight is 345 g/mol. The highest BCUT2D eigenvalue weighted by atomic mass is 35.5. The molecule has 0 atom stereocenters. The van der Waals surface area contributed by atoms with Gasteiger partial charge in [0.15, 0.2) is 11.4 Å². The van der Waals surface area contributed by atoms with E-state index in [1.807, 2.05) is 0 Å². The van der Waals surface area contributed by atoms with E-state index < -0.39 is 5.97 Å². The van der Waals surface area contributed by atoms with E-state index in [1.54, 1.807) is 43.3 Å². The van der Waals surface area contributed by atoms with Crippen molar-refractivity contribution in [3.63, 3.8) is 0 Å². The van der Waals surface area contributed by atoms with Gasteiger partial charge in [-0.2, -0.15) is 0 Å². The molecule has 0 aliphatic heterocycles. The first-order chi connectivity index (χ1) is 11.6. The molecule has 7 heteroatoms. The number of carbonyl (C=O) groups is 1. The third-order valence-corrected chi connectivity index (χ3v) is 3.45. The van der Waals surface area contributed by atoms with Crippen LogP contribution >= 0.6 is 11.6 Å². The van der Waals surface area contributed by atoms with Crippen LogP contribution in [0.25, 0.3) is 10.9 Å².